The Kier molecular flexibility index (Phi) is 7.75. The second kappa shape index (κ2) is 10.9. The van der Waals surface area contributed by atoms with Gasteiger partial charge >= 0.3 is 0 Å². The molecular weight excluding hydrogens is 514 g/mol. The molecule has 0 aliphatic carbocycles. The highest BCUT2D eigenvalue weighted by Crippen LogP contribution is 2.35. The molecule has 6 nitrogen and oxygen atoms in total. The van der Waals surface area contributed by atoms with Crippen molar-refractivity contribution in [3.63, 3.8) is 0 Å². The Hall–Kier alpha value is -3.33. The largest absolute Gasteiger partial charge is 0.484 e. The summed E-state index contributed by atoms with van der Waals surface area (Å²) in [4.78, 5) is 38.5. The van der Waals surface area contributed by atoms with E-state index < -0.39 is 17.0 Å². The highest BCUT2D eigenvalue weighted by molar-refractivity contribution is 8.18. The first-order valence-corrected chi connectivity index (χ1v) is 11.8. The van der Waals surface area contributed by atoms with Crippen molar-refractivity contribution in [2.45, 2.75) is 6.54 Å². The summed E-state index contributed by atoms with van der Waals surface area (Å²) in [5, 5.41) is 2.87. The molecule has 0 aromatic heterocycles. The Bertz CT molecular complexity index is 1310. The lowest BCUT2D eigenvalue weighted by Gasteiger charge is -2.14. The highest BCUT2D eigenvalue weighted by Gasteiger charge is 2.35. The van der Waals surface area contributed by atoms with Crippen molar-refractivity contribution in [3.05, 3.63) is 98.6 Å². The maximum atomic E-state index is 14.1. The number of thioether (sulfide) groups is 1. The van der Waals surface area contributed by atoms with Crippen molar-refractivity contribution in [1.29, 1.82) is 0 Å². The van der Waals surface area contributed by atoms with E-state index in [1.807, 2.05) is 0 Å². The lowest BCUT2D eigenvalue weighted by atomic mass is 10.2. The smallest absolute Gasteiger partial charge is 0.293 e. The number of amides is 3. The van der Waals surface area contributed by atoms with Crippen molar-refractivity contribution in [1.82, 2.24) is 4.90 Å². The molecule has 1 aliphatic rings. The standard InChI is InChI=1S/C25H17Cl2FN2O4S/c26-16-7-9-17(10-8-16)29-23(31)14-34-18-4-1-3-15(11-18)12-22-24(32)30(25(33)35-22)13-19-20(27)5-2-6-21(19)28/h1-12H,13-14H2,(H,29,31)/b22-12-. The van der Waals surface area contributed by atoms with Gasteiger partial charge in [-0.2, -0.15) is 0 Å². The van der Waals surface area contributed by atoms with Gasteiger partial charge in [0.25, 0.3) is 17.1 Å². The molecule has 0 atom stereocenters. The van der Waals surface area contributed by atoms with E-state index in [2.05, 4.69) is 5.32 Å². The first-order chi connectivity index (χ1) is 16.8. The number of anilines is 1. The van der Waals surface area contributed by atoms with Gasteiger partial charge in [0.1, 0.15) is 11.6 Å². The van der Waals surface area contributed by atoms with Crippen LogP contribution in [0.3, 0.4) is 0 Å². The van der Waals surface area contributed by atoms with Crippen LogP contribution in [0.15, 0.2) is 71.6 Å². The Morgan fingerprint density at radius 3 is 2.54 bits per heavy atom. The minimum atomic E-state index is -0.592. The van der Waals surface area contributed by atoms with E-state index in [4.69, 9.17) is 27.9 Å². The van der Waals surface area contributed by atoms with Crippen LogP contribution in [0.5, 0.6) is 5.75 Å². The molecule has 0 radical (unpaired) electrons. The molecule has 35 heavy (non-hydrogen) atoms. The van der Waals surface area contributed by atoms with Crippen molar-refractivity contribution in [3.8, 4) is 5.75 Å². The molecule has 3 amide bonds. The van der Waals surface area contributed by atoms with Crippen LogP contribution in [0.1, 0.15) is 11.1 Å². The second-order valence-corrected chi connectivity index (χ2v) is 9.22. The maximum Gasteiger partial charge on any atom is 0.293 e. The summed E-state index contributed by atoms with van der Waals surface area (Å²) in [5.74, 6) is -1.09. The van der Waals surface area contributed by atoms with E-state index in [1.165, 1.54) is 24.3 Å². The second-order valence-electron chi connectivity index (χ2n) is 7.38. The summed E-state index contributed by atoms with van der Waals surface area (Å²) in [6.07, 6.45) is 1.54. The van der Waals surface area contributed by atoms with Crippen molar-refractivity contribution in [2.75, 3.05) is 11.9 Å². The van der Waals surface area contributed by atoms with Crippen molar-refractivity contribution >= 4 is 63.8 Å². The van der Waals surface area contributed by atoms with Crippen LogP contribution < -0.4 is 10.1 Å². The minimum Gasteiger partial charge on any atom is -0.484 e. The summed E-state index contributed by atoms with van der Waals surface area (Å²) in [7, 11) is 0. The van der Waals surface area contributed by atoms with Gasteiger partial charge in [0.2, 0.25) is 0 Å². The first-order valence-electron chi connectivity index (χ1n) is 10.3. The van der Waals surface area contributed by atoms with Crippen molar-refractivity contribution < 1.29 is 23.5 Å². The number of nitrogens with zero attached hydrogens (tertiary/aromatic N) is 1. The van der Waals surface area contributed by atoms with E-state index in [1.54, 1.807) is 48.5 Å². The molecule has 0 spiro atoms. The van der Waals surface area contributed by atoms with Gasteiger partial charge in [-0.3, -0.25) is 19.3 Å². The Labute approximate surface area is 214 Å². The molecule has 3 aromatic carbocycles. The fraction of sp³-hybridized carbons (Fsp3) is 0.0800. The SMILES string of the molecule is O=C(COc1cccc(/C=C2\SC(=O)N(Cc3c(F)cccc3Cl)C2=O)c1)Nc1ccc(Cl)cc1. The van der Waals surface area contributed by atoms with Gasteiger partial charge in [-0.25, -0.2) is 4.39 Å². The molecule has 10 heteroatoms. The Morgan fingerprint density at radius 1 is 1.06 bits per heavy atom. The lowest BCUT2D eigenvalue weighted by Crippen LogP contribution is -2.28. The van der Waals surface area contributed by atoms with Gasteiger partial charge in [-0.05, 0) is 71.9 Å². The molecule has 0 saturated carbocycles. The number of ether oxygens (including phenoxy) is 1. The Morgan fingerprint density at radius 2 is 1.80 bits per heavy atom. The molecule has 1 heterocycles. The number of carbonyl (C=O) groups excluding carboxylic acids is 3. The molecule has 3 aromatic rings. The minimum absolute atomic E-state index is 0.0741. The molecule has 4 rings (SSSR count). The van der Waals surface area contributed by atoms with Gasteiger partial charge < -0.3 is 10.1 Å². The molecule has 178 valence electrons. The van der Waals surface area contributed by atoms with Gasteiger partial charge in [0, 0.05) is 21.3 Å². The van der Waals surface area contributed by atoms with Gasteiger partial charge in [-0.1, -0.05) is 41.4 Å². The lowest BCUT2D eigenvalue weighted by molar-refractivity contribution is -0.123. The summed E-state index contributed by atoms with van der Waals surface area (Å²) in [6, 6.07) is 17.6. The highest BCUT2D eigenvalue weighted by atomic mass is 35.5. The van der Waals surface area contributed by atoms with Gasteiger partial charge in [-0.15, -0.1) is 0 Å². The number of rotatable bonds is 7. The third-order valence-corrected chi connectivity index (χ3v) is 6.42. The quantitative estimate of drug-likeness (QED) is 0.358. The zero-order chi connectivity index (χ0) is 24.9. The van der Waals surface area contributed by atoms with Crippen molar-refractivity contribution in [2.24, 2.45) is 0 Å². The van der Waals surface area contributed by atoms with E-state index in [0.29, 0.717) is 22.0 Å². The number of hydrogen-bond donors (Lipinski definition) is 1. The monoisotopic (exact) mass is 530 g/mol. The summed E-state index contributed by atoms with van der Waals surface area (Å²) in [5.41, 5.74) is 1.25. The van der Waals surface area contributed by atoms with Crippen LogP contribution in [0.4, 0.5) is 14.9 Å². The predicted molar refractivity (Wildman–Crippen MR) is 135 cm³/mol. The van der Waals surface area contributed by atoms with Gasteiger partial charge in [0.15, 0.2) is 6.61 Å². The number of halogens is 3. The summed E-state index contributed by atoms with van der Waals surface area (Å²) in [6.45, 7) is -0.495. The molecule has 1 aliphatic heterocycles. The van der Waals surface area contributed by atoms with Crippen LogP contribution in [0.2, 0.25) is 10.0 Å². The zero-order valence-corrected chi connectivity index (χ0v) is 20.3. The molecule has 1 saturated heterocycles. The van der Waals surface area contributed by atoms with E-state index in [9.17, 15) is 18.8 Å². The van der Waals surface area contributed by atoms with Crippen LogP contribution >= 0.6 is 35.0 Å². The number of benzene rings is 3. The van der Waals surface area contributed by atoms with Crippen LogP contribution in [0.25, 0.3) is 6.08 Å². The number of carbonyl (C=O) groups is 3. The molecule has 0 unspecified atom stereocenters. The normalized spacial score (nSPS) is 14.5. The van der Waals surface area contributed by atoms with Crippen LogP contribution in [-0.2, 0) is 16.1 Å². The Balaban J connectivity index is 1.40. The third kappa shape index (κ3) is 6.22. The third-order valence-electron chi connectivity index (χ3n) is 4.91. The average Bonchev–Trinajstić information content (AvgIpc) is 3.09. The molecule has 1 N–H and O–H groups in total. The number of imide groups is 1. The summed E-state index contributed by atoms with van der Waals surface area (Å²) < 4.78 is 19.7. The average molecular weight is 531 g/mol. The van der Waals surface area contributed by atoms with Gasteiger partial charge in [0.05, 0.1) is 11.4 Å². The molecular formula is C25H17Cl2FN2O4S. The number of nitrogens with one attached hydrogen (secondary N) is 1. The van der Waals surface area contributed by atoms with E-state index in [-0.39, 0.29) is 34.6 Å². The fourth-order valence-corrected chi connectivity index (χ4v) is 4.39. The van der Waals surface area contributed by atoms with E-state index in [0.717, 1.165) is 16.7 Å². The topological polar surface area (TPSA) is 75.7 Å². The molecule has 1 fully saturated rings. The molecule has 0 bridgehead atoms. The maximum absolute atomic E-state index is 14.1. The zero-order valence-electron chi connectivity index (χ0n) is 18.0. The van der Waals surface area contributed by atoms with E-state index >= 15 is 0 Å². The first kappa shape index (κ1) is 24.8. The van der Waals surface area contributed by atoms with Crippen LogP contribution in [0, 0.1) is 5.82 Å². The fourth-order valence-electron chi connectivity index (χ4n) is 3.20. The number of hydrogen-bond acceptors (Lipinski definition) is 5. The van der Waals surface area contributed by atoms with Crippen LogP contribution in [-0.4, -0.2) is 28.6 Å². The predicted octanol–water partition coefficient (Wildman–Crippen LogP) is 6.39. The summed E-state index contributed by atoms with van der Waals surface area (Å²) >= 11 is 12.6.